The van der Waals surface area contributed by atoms with Crippen LogP contribution in [0.1, 0.15) is 40.5 Å². The smallest absolute Gasteiger partial charge is 0.333 e. The van der Waals surface area contributed by atoms with Crippen molar-refractivity contribution in [1.82, 2.24) is 0 Å². The zero-order valence-electron chi connectivity index (χ0n) is 14.3. The van der Waals surface area contributed by atoms with Gasteiger partial charge in [-0.2, -0.15) is 0 Å². The summed E-state index contributed by atoms with van der Waals surface area (Å²) in [5.41, 5.74) is 0.399. The first-order valence-corrected chi connectivity index (χ1v) is 7.54. The van der Waals surface area contributed by atoms with E-state index in [-0.39, 0.29) is 5.78 Å². The summed E-state index contributed by atoms with van der Waals surface area (Å²) in [6, 6.07) is 0. The van der Waals surface area contributed by atoms with Crippen molar-refractivity contribution >= 4 is 17.7 Å². The Labute approximate surface area is 137 Å². The third-order valence-corrected chi connectivity index (χ3v) is 3.74. The fourth-order valence-corrected chi connectivity index (χ4v) is 2.21. The number of carbonyl (C=O) groups is 3. The molecule has 1 atom stereocenters. The summed E-state index contributed by atoms with van der Waals surface area (Å²) in [5, 5.41) is 0. The molecule has 0 aliphatic heterocycles. The van der Waals surface area contributed by atoms with Crippen LogP contribution < -0.4 is 0 Å². The minimum Gasteiger partial charge on any atom is -0.466 e. The molecule has 5 nitrogen and oxygen atoms in total. The third-order valence-electron chi connectivity index (χ3n) is 3.74. The van der Waals surface area contributed by atoms with Crippen LogP contribution in [-0.2, 0) is 23.9 Å². The van der Waals surface area contributed by atoms with Gasteiger partial charge in [-0.05, 0) is 37.5 Å². The monoisotopic (exact) mass is 320 g/mol. The van der Waals surface area contributed by atoms with E-state index in [2.05, 4.69) is 0 Å². The molecule has 0 aromatic carbocycles. The second kappa shape index (κ2) is 7.90. The molecule has 0 spiro atoms. The van der Waals surface area contributed by atoms with Crippen LogP contribution in [0.3, 0.4) is 0 Å². The molecule has 0 heterocycles. The van der Waals surface area contributed by atoms with Crippen LogP contribution >= 0.6 is 0 Å². The van der Waals surface area contributed by atoms with Crippen LogP contribution in [0.25, 0.3) is 0 Å². The largest absolute Gasteiger partial charge is 0.466 e. The lowest BCUT2D eigenvalue weighted by molar-refractivity contribution is -0.148. The normalized spacial score (nSPS) is 27.5. The number of hydrogen-bond donors (Lipinski definition) is 0. The predicted octanol–water partition coefficient (Wildman–Crippen LogP) is 2.91. The highest BCUT2D eigenvalue weighted by Crippen LogP contribution is 2.29. The maximum Gasteiger partial charge on any atom is 0.333 e. The first-order chi connectivity index (χ1) is 10.7. The number of methoxy groups -OCH3 is 1. The molecule has 1 aliphatic rings. The van der Waals surface area contributed by atoms with E-state index in [4.69, 9.17) is 9.47 Å². The molecule has 0 aromatic heterocycles. The molecule has 23 heavy (non-hydrogen) atoms. The Bertz CT molecular complexity index is 578. The van der Waals surface area contributed by atoms with Crippen LogP contribution in [0.2, 0.25) is 0 Å². The molecule has 0 fully saturated rings. The molecule has 1 aliphatic carbocycles. The van der Waals surface area contributed by atoms with Gasteiger partial charge in [0.1, 0.15) is 6.10 Å². The van der Waals surface area contributed by atoms with Gasteiger partial charge in [-0.15, -0.1) is 0 Å². The summed E-state index contributed by atoms with van der Waals surface area (Å²) < 4.78 is 10.2. The van der Waals surface area contributed by atoms with Crippen LogP contribution in [0.15, 0.2) is 35.5 Å². The quantitative estimate of drug-likeness (QED) is 0.732. The Morgan fingerprint density at radius 1 is 1.30 bits per heavy atom. The molecule has 0 unspecified atom stereocenters. The second-order valence-electron chi connectivity index (χ2n) is 6.16. The highest BCUT2D eigenvalue weighted by atomic mass is 16.5. The van der Waals surface area contributed by atoms with Gasteiger partial charge in [0, 0.05) is 17.9 Å². The maximum atomic E-state index is 12.1. The van der Waals surface area contributed by atoms with E-state index in [1.54, 1.807) is 25.2 Å². The van der Waals surface area contributed by atoms with E-state index in [0.717, 1.165) is 0 Å². The van der Waals surface area contributed by atoms with E-state index < -0.39 is 23.5 Å². The molecule has 1 rings (SSSR count). The van der Waals surface area contributed by atoms with Crippen molar-refractivity contribution in [3.8, 4) is 0 Å². The van der Waals surface area contributed by atoms with Crippen molar-refractivity contribution in [2.45, 2.75) is 46.6 Å². The summed E-state index contributed by atoms with van der Waals surface area (Å²) in [4.78, 5) is 35.4. The standard InChI is InChI=1S/C18H24O5/c1-12-7-6-8-14(17(21)22-5)11-16(23-13(2)19)18(3,4)10-9-15(12)20/h7,9-11,16H,6,8H2,1-5H3/b10-9+,12-7-,14-11-/t16-/m0/s1. The molecule has 0 saturated carbocycles. The molecule has 126 valence electrons. The Hall–Kier alpha value is -2.17. The van der Waals surface area contributed by atoms with E-state index >= 15 is 0 Å². The lowest BCUT2D eigenvalue weighted by atomic mass is 9.84. The van der Waals surface area contributed by atoms with Crippen molar-refractivity contribution in [2.24, 2.45) is 5.41 Å². The lowest BCUT2D eigenvalue weighted by Gasteiger charge is -2.29. The number of carbonyl (C=O) groups excluding carboxylic acids is 3. The molecule has 0 N–H and O–H groups in total. The van der Waals surface area contributed by atoms with Gasteiger partial charge in [-0.25, -0.2) is 4.79 Å². The van der Waals surface area contributed by atoms with Gasteiger partial charge in [0.25, 0.3) is 0 Å². The lowest BCUT2D eigenvalue weighted by Crippen LogP contribution is -2.31. The Morgan fingerprint density at radius 3 is 2.52 bits per heavy atom. The van der Waals surface area contributed by atoms with Gasteiger partial charge in [0.05, 0.1) is 7.11 Å². The molecule has 0 aromatic rings. The Morgan fingerprint density at radius 2 is 1.96 bits per heavy atom. The van der Waals surface area contributed by atoms with Gasteiger partial charge >= 0.3 is 11.9 Å². The van der Waals surface area contributed by atoms with Crippen LogP contribution in [-0.4, -0.2) is 30.9 Å². The van der Waals surface area contributed by atoms with Crippen molar-refractivity contribution in [3.63, 3.8) is 0 Å². The van der Waals surface area contributed by atoms with Crippen molar-refractivity contribution < 1.29 is 23.9 Å². The first kappa shape index (κ1) is 18.9. The maximum absolute atomic E-state index is 12.1. The van der Waals surface area contributed by atoms with Crippen molar-refractivity contribution in [1.29, 1.82) is 0 Å². The van der Waals surface area contributed by atoms with E-state index in [0.29, 0.717) is 24.0 Å². The average Bonchev–Trinajstić information content (AvgIpc) is 2.49. The summed E-state index contributed by atoms with van der Waals surface area (Å²) in [5.74, 6) is -1.01. The minimum atomic E-state index is -0.670. The molecule has 0 saturated heterocycles. The molecule has 0 amide bonds. The van der Waals surface area contributed by atoms with Crippen LogP contribution in [0, 0.1) is 5.41 Å². The van der Waals surface area contributed by atoms with Crippen LogP contribution in [0.4, 0.5) is 0 Å². The topological polar surface area (TPSA) is 69.7 Å². The fraction of sp³-hybridized carbons (Fsp3) is 0.500. The Kier molecular flexibility index (Phi) is 6.49. The number of esters is 2. The summed E-state index contributed by atoms with van der Waals surface area (Å²) >= 11 is 0. The summed E-state index contributed by atoms with van der Waals surface area (Å²) in [6.07, 6.45) is 6.87. The van der Waals surface area contributed by atoms with Gasteiger partial charge in [-0.3, -0.25) is 9.59 Å². The second-order valence-corrected chi connectivity index (χ2v) is 6.16. The first-order valence-electron chi connectivity index (χ1n) is 7.54. The summed E-state index contributed by atoms with van der Waals surface area (Å²) in [7, 11) is 1.31. The number of rotatable bonds is 2. The van der Waals surface area contributed by atoms with Crippen LogP contribution in [0.5, 0.6) is 0 Å². The van der Waals surface area contributed by atoms with Crippen molar-refractivity contribution in [3.05, 3.63) is 35.5 Å². The highest BCUT2D eigenvalue weighted by Gasteiger charge is 2.30. The van der Waals surface area contributed by atoms with Gasteiger partial charge < -0.3 is 9.47 Å². The Balaban J connectivity index is 3.35. The van der Waals surface area contributed by atoms with E-state index in [9.17, 15) is 14.4 Å². The zero-order chi connectivity index (χ0) is 17.6. The molecular weight excluding hydrogens is 296 g/mol. The average molecular weight is 320 g/mol. The number of ketones is 1. The van der Waals surface area contributed by atoms with E-state index in [1.165, 1.54) is 20.1 Å². The minimum absolute atomic E-state index is 0.0961. The van der Waals surface area contributed by atoms with Gasteiger partial charge in [0.2, 0.25) is 0 Å². The van der Waals surface area contributed by atoms with E-state index in [1.807, 2.05) is 13.8 Å². The number of ether oxygens (including phenoxy) is 2. The number of allylic oxidation sites excluding steroid dienone is 3. The predicted molar refractivity (Wildman–Crippen MR) is 86.6 cm³/mol. The molecule has 5 heteroatoms. The SMILES string of the molecule is COC(=O)/C1=C\[C@H](OC(C)=O)C(C)(C)/C=C/C(=O)/C(C)=C\CC1. The van der Waals surface area contributed by atoms with Crippen molar-refractivity contribution in [2.75, 3.05) is 7.11 Å². The molecule has 0 radical (unpaired) electrons. The third kappa shape index (κ3) is 5.51. The highest BCUT2D eigenvalue weighted by molar-refractivity contribution is 6.03. The van der Waals surface area contributed by atoms with Gasteiger partial charge in [-0.1, -0.05) is 26.0 Å². The summed E-state index contributed by atoms with van der Waals surface area (Å²) in [6.45, 7) is 6.73. The number of hydrogen-bond acceptors (Lipinski definition) is 5. The fourth-order valence-electron chi connectivity index (χ4n) is 2.21. The molecule has 0 bridgehead atoms. The molecular formula is C18H24O5. The van der Waals surface area contributed by atoms with Gasteiger partial charge in [0.15, 0.2) is 5.78 Å². The zero-order valence-corrected chi connectivity index (χ0v) is 14.3.